The predicted molar refractivity (Wildman–Crippen MR) is 56.1 cm³/mol. The molecule has 0 aliphatic heterocycles. The van der Waals surface area contributed by atoms with E-state index in [0.29, 0.717) is 0 Å². The lowest BCUT2D eigenvalue weighted by Crippen LogP contribution is -2.77. The summed E-state index contributed by atoms with van der Waals surface area (Å²) in [7, 11) is -3.74. The van der Waals surface area contributed by atoms with E-state index in [1.807, 2.05) is 0 Å². The molecule has 0 radical (unpaired) electrons. The van der Waals surface area contributed by atoms with Gasteiger partial charge in [-0.2, -0.15) is 12.8 Å². The minimum Gasteiger partial charge on any atom is -0.290 e. The molecule has 0 aromatic heterocycles. The largest absolute Gasteiger partial charge is 0.328 e. The van der Waals surface area contributed by atoms with Crippen LogP contribution in [0, 0.1) is 10.1 Å². The summed E-state index contributed by atoms with van der Waals surface area (Å²) >= 11 is 0. The third-order valence-electron chi connectivity index (χ3n) is 1.65. The Bertz CT molecular complexity index is 529. The molecule has 0 fully saturated rings. The van der Waals surface area contributed by atoms with Gasteiger partial charge in [-0.1, -0.05) is 0 Å². The van der Waals surface area contributed by atoms with E-state index in [4.69, 9.17) is 5.73 Å². The van der Waals surface area contributed by atoms with Crippen molar-refractivity contribution in [2.24, 2.45) is 5.73 Å². The van der Waals surface area contributed by atoms with Crippen LogP contribution in [0.5, 0.6) is 0 Å². The van der Waals surface area contributed by atoms with Crippen LogP contribution in [0.3, 0.4) is 0 Å². The molecule has 0 amide bonds. The Hall–Kier alpha value is -1.96. The molecule has 0 aliphatic rings. The normalized spacial score (nSPS) is 12.4. The molecule has 0 bridgehead atoms. The molecule has 16 heavy (non-hydrogen) atoms. The van der Waals surface area contributed by atoms with Crippen molar-refractivity contribution in [1.82, 2.24) is 0 Å². The lowest BCUT2D eigenvalue weighted by atomic mass is 10.3. The number of nitro benzene ring substituents is 1. The first-order valence-corrected chi connectivity index (χ1v) is 5.67. The van der Waals surface area contributed by atoms with Crippen molar-refractivity contribution >= 4 is 21.5 Å². The van der Waals surface area contributed by atoms with E-state index in [9.17, 15) is 18.5 Å². The van der Waals surface area contributed by atoms with Crippen LogP contribution in [0.15, 0.2) is 29.2 Å². The fraction of sp³-hybridized carbons (Fsp3) is 0.125. The predicted octanol–water partition coefficient (Wildman–Crippen LogP) is -1.26. The number of nitrogens with one attached hydrogen (secondary N) is 1. The van der Waals surface area contributed by atoms with Gasteiger partial charge in [0.05, 0.1) is 4.92 Å². The van der Waals surface area contributed by atoms with Crippen LogP contribution in [-0.4, -0.2) is 19.2 Å². The lowest BCUT2D eigenvalue weighted by molar-refractivity contribution is -0.384. The SMILES string of the molecule is CC(N)=[NH+]S(=O)(=O)c1ccc([N+](=O)[O-])cc1. The van der Waals surface area contributed by atoms with Crippen molar-refractivity contribution in [3.05, 3.63) is 34.4 Å². The number of amidine groups is 1. The van der Waals surface area contributed by atoms with Gasteiger partial charge in [0.1, 0.15) is 4.90 Å². The number of hydrogen-bond acceptors (Lipinski definition) is 4. The second kappa shape index (κ2) is 4.27. The van der Waals surface area contributed by atoms with Crippen molar-refractivity contribution in [3.63, 3.8) is 0 Å². The standard InChI is InChI=1S/C8H9N3O4S/c1-6(9)10-16(14,15)8-4-2-7(3-5-8)11(12)13/h2-5H,1H3,(H2,9,10)/p+1. The highest BCUT2D eigenvalue weighted by molar-refractivity contribution is 7.84. The molecule has 0 saturated carbocycles. The molecule has 7 nitrogen and oxygen atoms in total. The topological polar surface area (TPSA) is 117 Å². The van der Waals surface area contributed by atoms with E-state index >= 15 is 0 Å². The number of sulfonamides is 1. The maximum absolute atomic E-state index is 11.5. The minimum atomic E-state index is -3.74. The maximum Gasteiger partial charge on any atom is 0.328 e. The maximum atomic E-state index is 11.5. The first kappa shape index (κ1) is 12.1. The molecular weight excluding hydrogens is 234 g/mol. The van der Waals surface area contributed by atoms with Crippen LogP contribution in [-0.2, 0) is 10.0 Å². The van der Waals surface area contributed by atoms with Crippen LogP contribution < -0.4 is 10.1 Å². The number of nitrogens with zero attached hydrogens (tertiary/aromatic N) is 1. The Morgan fingerprint density at radius 1 is 1.38 bits per heavy atom. The summed E-state index contributed by atoms with van der Waals surface area (Å²) in [6, 6.07) is 4.51. The summed E-state index contributed by atoms with van der Waals surface area (Å²) in [5.41, 5.74) is 5.04. The van der Waals surface area contributed by atoms with Crippen LogP contribution in [0.1, 0.15) is 6.92 Å². The van der Waals surface area contributed by atoms with Crippen molar-refractivity contribution in [1.29, 1.82) is 0 Å². The number of nitro groups is 1. The molecule has 3 N–H and O–H groups in total. The van der Waals surface area contributed by atoms with Gasteiger partial charge in [-0.3, -0.25) is 15.8 Å². The fourth-order valence-electron chi connectivity index (χ4n) is 1.02. The second-order valence-corrected chi connectivity index (χ2v) is 4.72. The van der Waals surface area contributed by atoms with Crippen LogP contribution in [0.25, 0.3) is 0 Å². The van der Waals surface area contributed by atoms with Crippen molar-refractivity contribution in [3.8, 4) is 0 Å². The van der Waals surface area contributed by atoms with E-state index in [-0.39, 0.29) is 16.4 Å². The zero-order valence-corrected chi connectivity index (χ0v) is 9.19. The number of hydrogen-bond donors (Lipinski definition) is 2. The molecule has 86 valence electrons. The molecule has 0 unspecified atom stereocenters. The van der Waals surface area contributed by atoms with Gasteiger partial charge in [-0.05, 0) is 12.1 Å². The zero-order chi connectivity index (χ0) is 12.3. The highest BCUT2D eigenvalue weighted by Gasteiger charge is 2.16. The van der Waals surface area contributed by atoms with Gasteiger partial charge >= 0.3 is 10.0 Å². The van der Waals surface area contributed by atoms with Gasteiger partial charge in [0.25, 0.3) is 11.5 Å². The minimum absolute atomic E-state index is 0.0263. The molecule has 0 heterocycles. The summed E-state index contributed by atoms with van der Waals surface area (Å²) in [6.07, 6.45) is 0. The Morgan fingerprint density at radius 3 is 2.25 bits per heavy atom. The van der Waals surface area contributed by atoms with E-state index in [0.717, 1.165) is 24.3 Å². The molecular formula is C8H10N3O4S+. The van der Waals surface area contributed by atoms with Crippen LogP contribution >= 0.6 is 0 Å². The third-order valence-corrected chi connectivity index (χ3v) is 3.14. The number of nitrogens with two attached hydrogens (primary N) is 1. The second-order valence-electron chi connectivity index (χ2n) is 3.04. The average Bonchev–Trinajstić information content (AvgIpc) is 2.16. The van der Waals surface area contributed by atoms with E-state index in [1.165, 1.54) is 6.92 Å². The van der Waals surface area contributed by atoms with Gasteiger partial charge in [-0.15, -0.1) is 0 Å². The van der Waals surface area contributed by atoms with E-state index in [1.54, 1.807) is 0 Å². The molecule has 0 spiro atoms. The fourth-order valence-corrected chi connectivity index (χ4v) is 2.05. The smallest absolute Gasteiger partial charge is 0.290 e. The molecule has 0 aliphatic carbocycles. The quantitative estimate of drug-likeness (QED) is 0.298. The Balaban J connectivity index is 3.17. The zero-order valence-electron chi connectivity index (χ0n) is 8.38. The summed E-state index contributed by atoms with van der Waals surface area (Å²) in [6.45, 7) is 1.39. The highest BCUT2D eigenvalue weighted by Crippen LogP contribution is 2.13. The number of benzene rings is 1. The Labute approximate surface area is 91.8 Å². The molecule has 0 atom stereocenters. The van der Waals surface area contributed by atoms with Crippen LogP contribution in [0.4, 0.5) is 5.69 Å². The van der Waals surface area contributed by atoms with Crippen LogP contribution in [0.2, 0.25) is 0 Å². The van der Waals surface area contributed by atoms with Crippen molar-refractivity contribution < 1.29 is 17.7 Å². The average molecular weight is 244 g/mol. The molecule has 0 saturated heterocycles. The Morgan fingerprint density at radius 2 is 1.88 bits per heavy atom. The third kappa shape index (κ3) is 2.76. The molecule has 8 heteroatoms. The van der Waals surface area contributed by atoms with Gasteiger partial charge in [0, 0.05) is 19.1 Å². The summed E-state index contributed by atoms with van der Waals surface area (Å²) in [5, 5.41) is 10.4. The van der Waals surface area contributed by atoms with E-state index in [2.05, 4.69) is 4.40 Å². The summed E-state index contributed by atoms with van der Waals surface area (Å²) in [4.78, 5) is 9.67. The van der Waals surface area contributed by atoms with E-state index < -0.39 is 14.9 Å². The molecule has 1 aromatic rings. The number of non-ortho nitro benzene ring substituents is 1. The summed E-state index contributed by atoms with van der Waals surface area (Å²) in [5.74, 6) is 0.0263. The highest BCUT2D eigenvalue weighted by atomic mass is 32.2. The summed E-state index contributed by atoms with van der Waals surface area (Å²) < 4.78 is 25.2. The van der Waals surface area contributed by atoms with Crippen molar-refractivity contribution in [2.45, 2.75) is 11.8 Å². The van der Waals surface area contributed by atoms with Gasteiger partial charge < -0.3 is 0 Å². The van der Waals surface area contributed by atoms with Crippen molar-refractivity contribution in [2.75, 3.05) is 0 Å². The first-order chi connectivity index (χ1) is 7.33. The monoisotopic (exact) mass is 244 g/mol. The number of rotatable bonds is 3. The van der Waals surface area contributed by atoms with Gasteiger partial charge in [0.2, 0.25) is 0 Å². The van der Waals surface area contributed by atoms with Gasteiger partial charge in [0.15, 0.2) is 0 Å². The Kier molecular flexibility index (Phi) is 3.23. The lowest BCUT2D eigenvalue weighted by Gasteiger charge is -1.96. The van der Waals surface area contributed by atoms with Gasteiger partial charge in [-0.25, -0.2) is 0 Å². The first-order valence-electron chi connectivity index (χ1n) is 4.19. The molecule has 1 aromatic carbocycles. The molecule has 1 rings (SSSR count).